The lowest BCUT2D eigenvalue weighted by molar-refractivity contribution is -0.139. The SMILES string of the molecule is CC(=O)/C(=C(/O)c1cccc(C2COC(C)(C)O2)c1)c1nc2ccccc2[nH]1. The summed E-state index contributed by atoms with van der Waals surface area (Å²) >= 11 is 0. The molecule has 28 heavy (non-hydrogen) atoms. The smallest absolute Gasteiger partial charge is 0.167 e. The number of ether oxygens (including phenoxy) is 2. The van der Waals surface area contributed by atoms with Crippen LogP contribution in [0, 0.1) is 0 Å². The first-order valence-electron chi connectivity index (χ1n) is 9.15. The first-order valence-corrected chi connectivity index (χ1v) is 9.15. The van der Waals surface area contributed by atoms with Crippen LogP contribution in [-0.2, 0) is 14.3 Å². The number of rotatable bonds is 4. The van der Waals surface area contributed by atoms with Crippen LogP contribution in [0.5, 0.6) is 0 Å². The van der Waals surface area contributed by atoms with Crippen LogP contribution in [0.15, 0.2) is 48.5 Å². The number of nitrogens with zero attached hydrogens (tertiary/aromatic N) is 1. The van der Waals surface area contributed by atoms with Crippen molar-refractivity contribution in [3.05, 3.63) is 65.5 Å². The van der Waals surface area contributed by atoms with Crippen LogP contribution in [0.25, 0.3) is 22.4 Å². The fraction of sp³-hybridized carbons (Fsp3) is 0.273. The molecule has 0 bridgehead atoms. The summed E-state index contributed by atoms with van der Waals surface area (Å²) in [5, 5.41) is 10.9. The van der Waals surface area contributed by atoms with E-state index in [-0.39, 0.29) is 23.2 Å². The number of carbonyl (C=O) groups is 1. The molecular weight excluding hydrogens is 356 g/mol. The van der Waals surface area contributed by atoms with E-state index in [0.717, 1.165) is 16.6 Å². The van der Waals surface area contributed by atoms with Crippen molar-refractivity contribution in [1.82, 2.24) is 9.97 Å². The molecule has 0 aliphatic carbocycles. The number of Topliss-reactive ketones (excluding diaryl/α,β-unsaturated/α-hetero) is 1. The molecule has 1 aliphatic heterocycles. The lowest BCUT2D eigenvalue weighted by Crippen LogP contribution is -2.19. The number of para-hydroxylation sites is 2. The van der Waals surface area contributed by atoms with Crippen molar-refractivity contribution in [3.8, 4) is 0 Å². The van der Waals surface area contributed by atoms with Crippen LogP contribution in [0.4, 0.5) is 0 Å². The second-order valence-electron chi connectivity index (χ2n) is 7.33. The van der Waals surface area contributed by atoms with Gasteiger partial charge in [0, 0.05) is 5.56 Å². The number of benzene rings is 2. The van der Waals surface area contributed by atoms with Crippen molar-refractivity contribution in [2.45, 2.75) is 32.7 Å². The molecule has 3 aromatic rings. The van der Waals surface area contributed by atoms with Gasteiger partial charge in [-0.3, -0.25) is 4.79 Å². The van der Waals surface area contributed by atoms with Gasteiger partial charge in [0.1, 0.15) is 23.3 Å². The lowest BCUT2D eigenvalue weighted by atomic mass is 10.0. The molecule has 2 aromatic carbocycles. The van der Waals surface area contributed by atoms with Crippen molar-refractivity contribution in [2.75, 3.05) is 6.61 Å². The number of imidazole rings is 1. The molecule has 2 heterocycles. The zero-order valence-electron chi connectivity index (χ0n) is 16.0. The van der Waals surface area contributed by atoms with Gasteiger partial charge in [0.05, 0.1) is 17.6 Å². The van der Waals surface area contributed by atoms with Crippen molar-refractivity contribution in [2.24, 2.45) is 0 Å². The molecule has 2 N–H and O–H groups in total. The predicted octanol–water partition coefficient (Wildman–Crippen LogP) is 4.40. The minimum atomic E-state index is -0.641. The van der Waals surface area contributed by atoms with Crippen LogP contribution in [0.2, 0.25) is 0 Å². The molecule has 144 valence electrons. The average Bonchev–Trinajstić information content (AvgIpc) is 3.24. The second kappa shape index (κ2) is 6.89. The van der Waals surface area contributed by atoms with Gasteiger partial charge in [0.2, 0.25) is 0 Å². The van der Waals surface area contributed by atoms with Gasteiger partial charge in [-0.15, -0.1) is 0 Å². The molecule has 0 radical (unpaired) electrons. The highest BCUT2D eigenvalue weighted by molar-refractivity contribution is 6.25. The topological polar surface area (TPSA) is 84.4 Å². The number of hydrogen-bond acceptors (Lipinski definition) is 5. The molecule has 0 saturated carbocycles. The lowest BCUT2D eigenvalue weighted by Gasteiger charge is -2.17. The fourth-order valence-electron chi connectivity index (χ4n) is 3.40. The third-order valence-corrected chi connectivity index (χ3v) is 4.76. The Bertz CT molecular complexity index is 1050. The number of ketones is 1. The van der Waals surface area contributed by atoms with E-state index in [9.17, 15) is 9.90 Å². The van der Waals surface area contributed by atoms with Crippen LogP contribution in [0.3, 0.4) is 0 Å². The molecule has 6 nitrogen and oxygen atoms in total. The Morgan fingerprint density at radius 1 is 1.21 bits per heavy atom. The predicted molar refractivity (Wildman–Crippen MR) is 107 cm³/mol. The summed E-state index contributed by atoms with van der Waals surface area (Å²) in [6.07, 6.45) is -0.227. The normalized spacial score (nSPS) is 19.6. The molecule has 6 heteroatoms. The number of nitrogens with one attached hydrogen (secondary N) is 1. The first-order chi connectivity index (χ1) is 13.3. The monoisotopic (exact) mass is 378 g/mol. The summed E-state index contributed by atoms with van der Waals surface area (Å²) in [4.78, 5) is 19.9. The summed E-state index contributed by atoms with van der Waals surface area (Å²) < 4.78 is 11.5. The summed E-state index contributed by atoms with van der Waals surface area (Å²) in [6.45, 7) is 5.58. The van der Waals surface area contributed by atoms with Gasteiger partial charge < -0.3 is 19.6 Å². The Morgan fingerprint density at radius 2 is 2.00 bits per heavy atom. The standard InChI is InChI=1S/C22H22N2O4/c1-13(25)19(21-23-16-9-4-5-10-17(16)24-21)20(26)15-8-6-7-14(11-15)18-12-27-22(2,3)28-18/h4-11,18,26H,12H2,1-3H3,(H,23,24)/b20-19-. The number of aromatic nitrogens is 2. The van der Waals surface area contributed by atoms with Crippen molar-refractivity contribution in [1.29, 1.82) is 0 Å². The summed E-state index contributed by atoms with van der Waals surface area (Å²) in [6, 6.07) is 14.8. The number of carbonyl (C=O) groups excluding carboxylic acids is 1. The summed E-state index contributed by atoms with van der Waals surface area (Å²) in [5.74, 6) is -0.689. The van der Waals surface area contributed by atoms with Crippen molar-refractivity contribution < 1.29 is 19.4 Å². The third kappa shape index (κ3) is 3.44. The number of allylic oxidation sites excluding steroid dienone is 1. The van der Waals surface area contributed by atoms with Crippen molar-refractivity contribution in [3.63, 3.8) is 0 Å². The van der Waals surface area contributed by atoms with Gasteiger partial charge in [-0.25, -0.2) is 4.98 Å². The van der Waals surface area contributed by atoms with E-state index in [2.05, 4.69) is 9.97 Å². The molecule has 1 aliphatic rings. The van der Waals surface area contributed by atoms with Gasteiger partial charge in [0.15, 0.2) is 11.6 Å². The molecular formula is C22H22N2O4. The van der Waals surface area contributed by atoms with Gasteiger partial charge in [-0.1, -0.05) is 30.3 Å². The van der Waals surface area contributed by atoms with E-state index >= 15 is 0 Å². The second-order valence-corrected chi connectivity index (χ2v) is 7.33. The van der Waals surface area contributed by atoms with Gasteiger partial charge in [-0.2, -0.15) is 0 Å². The number of fused-ring (bicyclic) bond motifs is 1. The van der Waals surface area contributed by atoms with Crippen LogP contribution in [-0.4, -0.2) is 33.3 Å². The van der Waals surface area contributed by atoms with E-state index in [4.69, 9.17) is 9.47 Å². The van der Waals surface area contributed by atoms with Gasteiger partial charge in [-0.05, 0) is 44.5 Å². The number of hydrogen-bond donors (Lipinski definition) is 2. The molecule has 1 atom stereocenters. The molecule has 4 rings (SSSR count). The number of aliphatic hydroxyl groups is 1. The minimum Gasteiger partial charge on any atom is -0.506 e. The number of aliphatic hydroxyl groups excluding tert-OH is 1. The highest BCUT2D eigenvalue weighted by Gasteiger charge is 2.33. The number of H-pyrrole nitrogens is 1. The number of aromatic amines is 1. The van der Waals surface area contributed by atoms with Gasteiger partial charge >= 0.3 is 0 Å². The Labute approximate surface area is 162 Å². The quantitative estimate of drug-likeness (QED) is 0.519. The molecule has 1 saturated heterocycles. The fourth-order valence-corrected chi connectivity index (χ4v) is 3.40. The van der Waals surface area contributed by atoms with Gasteiger partial charge in [0.25, 0.3) is 0 Å². The average molecular weight is 378 g/mol. The molecule has 1 unspecified atom stereocenters. The van der Waals surface area contributed by atoms with E-state index in [1.54, 1.807) is 6.07 Å². The molecule has 0 amide bonds. The van der Waals surface area contributed by atoms with E-state index in [0.29, 0.717) is 18.0 Å². The van der Waals surface area contributed by atoms with Crippen LogP contribution >= 0.6 is 0 Å². The minimum absolute atomic E-state index is 0.119. The summed E-state index contributed by atoms with van der Waals surface area (Å²) in [5.41, 5.74) is 3.09. The zero-order valence-corrected chi connectivity index (χ0v) is 16.0. The highest BCUT2D eigenvalue weighted by Crippen LogP contribution is 2.34. The van der Waals surface area contributed by atoms with Crippen molar-refractivity contribution >= 4 is 28.1 Å². The zero-order chi connectivity index (χ0) is 19.9. The Hall–Kier alpha value is -2.96. The maximum Gasteiger partial charge on any atom is 0.167 e. The highest BCUT2D eigenvalue weighted by atomic mass is 16.7. The van der Waals surface area contributed by atoms with E-state index in [1.807, 2.05) is 56.3 Å². The molecule has 1 fully saturated rings. The third-order valence-electron chi connectivity index (χ3n) is 4.76. The van der Waals surface area contributed by atoms with E-state index < -0.39 is 5.79 Å². The molecule has 1 aromatic heterocycles. The Morgan fingerprint density at radius 3 is 2.68 bits per heavy atom. The summed E-state index contributed by atoms with van der Waals surface area (Å²) in [7, 11) is 0. The first kappa shape index (κ1) is 18.4. The maximum atomic E-state index is 12.3. The Balaban J connectivity index is 1.76. The van der Waals surface area contributed by atoms with E-state index in [1.165, 1.54) is 6.92 Å². The van der Waals surface area contributed by atoms with Crippen LogP contribution in [0.1, 0.15) is 43.8 Å². The largest absolute Gasteiger partial charge is 0.506 e. The maximum absolute atomic E-state index is 12.3. The van der Waals surface area contributed by atoms with Crippen LogP contribution < -0.4 is 0 Å². The molecule has 0 spiro atoms. The Kier molecular flexibility index (Phi) is 4.53.